The van der Waals surface area contributed by atoms with E-state index in [1.165, 1.54) is 6.08 Å². The van der Waals surface area contributed by atoms with E-state index in [1.807, 2.05) is 6.07 Å². The Kier molecular flexibility index (Phi) is 11.8. The molecule has 0 aliphatic carbocycles. The predicted molar refractivity (Wildman–Crippen MR) is 82.7 cm³/mol. The van der Waals surface area contributed by atoms with Gasteiger partial charge in [0.15, 0.2) is 0 Å². The summed E-state index contributed by atoms with van der Waals surface area (Å²) in [7, 11) is -4.00. The Morgan fingerprint density at radius 1 is 0.955 bits per heavy atom. The first-order chi connectivity index (χ1) is 10.1. The van der Waals surface area contributed by atoms with Crippen molar-refractivity contribution in [2.45, 2.75) is 0 Å². The van der Waals surface area contributed by atoms with E-state index in [2.05, 4.69) is 13.2 Å². The molecule has 0 bridgehead atoms. The van der Waals surface area contributed by atoms with Crippen molar-refractivity contribution in [3.63, 3.8) is 0 Å². The summed E-state index contributed by atoms with van der Waals surface area (Å²) in [5, 5.41) is 16.0. The van der Waals surface area contributed by atoms with E-state index in [0.717, 1.165) is 23.1 Å². The van der Waals surface area contributed by atoms with Crippen molar-refractivity contribution >= 4 is 28.1 Å². The van der Waals surface area contributed by atoms with Crippen LogP contribution in [0.15, 0.2) is 61.0 Å². The van der Waals surface area contributed by atoms with Gasteiger partial charge in [-0.2, -0.15) is 8.42 Å². The fourth-order valence-electron chi connectivity index (χ4n) is 0.729. The van der Waals surface area contributed by atoms with Crippen molar-refractivity contribution in [1.82, 2.24) is 0 Å². The molecule has 0 saturated carbocycles. The van der Waals surface area contributed by atoms with Crippen molar-refractivity contribution in [2.75, 3.05) is 0 Å². The SMILES string of the molecule is C=CC(=O)O.C=CC(=O)O.O=S(=O)(O)C=Cc1ccccc1. The number of hydrogen-bond donors (Lipinski definition) is 3. The Bertz CT molecular complexity index is 598. The first-order valence-corrected chi connectivity index (χ1v) is 7.04. The monoisotopic (exact) mass is 328 g/mol. The Labute approximate surface area is 128 Å². The van der Waals surface area contributed by atoms with Crippen LogP contribution in [-0.4, -0.2) is 35.1 Å². The van der Waals surface area contributed by atoms with Crippen molar-refractivity contribution in [2.24, 2.45) is 0 Å². The second-order valence-electron chi connectivity index (χ2n) is 3.31. The van der Waals surface area contributed by atoms with Gasteiger partial charge in [0.25, 0.3) is 10.1 Å². The molecule has 0 aromatic heterocycles. The summed E-state index contributed by atoms with van der Waals surface area (Å²) in [5.74, 6) is -1.96. The highest BCUT2D eigenvalue weighted by Crippen LogP contribution is 2.01. The molecule has 0 aliphatic heterocycles. The molecular formula is C14H16O7S. The van der Waals surface area contributed by atoms with Gasteiger partial charge in [-0.3, -0.25) is 4.55 Å². The fraction of sp³-hybridized carbons (Fsp3) is 0. The van der Waals surface area contributed by atoms with Crippen LogP contribution in [0.5, 0.6) is 0 Å². The van der Waals surface area contributed by atoms with E-state index in [0.29, 0.717) is 0 Å². The first-order valence-electron chi connectivity index (χ1n) is 5.53. The summed E-state index contributed by atoms with van der Waals surface area (Å²) in [5.41, 5.74) is 0.732. The van der Waals surface area contributed by atoms with Gasteiger partial charge >= 0.3 is 11.9 Å². The number of aliphatic carboxylic acids is 2. The Morgan fingerprint density at radius 3 is 1.59 bits per heavy atom. The molecule has 0 atom stereocenters. The lowest BCUT2D eigenvalue weighted by Crippen LogP contribution is -1.88. The van der Waals surface area contributed by atoms with Gasteiger partial charge in [0, 0.05) is 12.2 Å². The van der Waals surface area contributed by atoms with Crippen LogP contribution in [0, 0.1) is 0 Å². The van der Waals surface area contributed by atoms with Crippen LogP contribution in [0.3, 0.4) is 0 Å². The summed E-state index contributed by atoms with van der Waals surface area (Å²) in [4.78, 5) is 18.5. The highest BCUT2D eigenvalue weighted by atomic mass is 32.2. The van der Waals surface area contributed by atoms with E-state index in [-0.39, 0.29) is 0 Å². The minimum absolute atomic E-state index is 0.732. The molecule has 120 valence electrons. The molecule has 1 rings (SSSR count). The van der Waals surface area contributed by atoms with Crippen LogP contribution in [0.1, 0.15) is 5.56 Å². The van der Waals surface area contributed by atoms with Crippen LogP contribution < -0.4 is 0 Å². The van der Waals surface area contributed by atoms with Gasteiger partial charge in [-0.25, -0.2) is 9.59 Å². The van der Waals surface area contributed by atoms with E-state index < -0.39 is 22.1 Å². The molecule has 1 aromatic carbocycles. The molecule has 3 N–H and O–H groups in total. The van der Waals surface area contributed by atoms with Crippen LogP contribution in [0.25, 0.3) is 6.08 Å². The summed E-state index contributed by atoms with van der Waals surface area (Å²) >= 11 is 0. The molecule has 0 amide bonds. The van der Waals surface area contributed by atoms with Gasteiger partial charge in [0.05, 0.1) is 5.41 Å². The van der Waals surface area contributed by atoms with Gasteiger partial charge in [0.1, 0.15) is 0 Å². The summed E-state index contributed by atoms with van der Waals surface area (Å²) < 4.78 is 28.9. The molecule has 1 aromatic rings. The number of rotatable bonds is 4. The summed E-state index contributed by atoms with van der Waals surface area (Å²) in [6.07, 6.45) is 3.00. The lowest BCUT2D eigenvalue weighted by atomic mass is 10.2. The van der Waals surface area contributed by atoms with Crippen molar-refractivity contribution in [1.29, 1.82) is 0 Å². The molecule has 0 heterocycles. The molecule has 22 heavy (non-hydrogen) atoms. The molecule has 7 nitrogen and oxygen atoms in total. The maximum absolute atomic E-state index is 10.3. The predicted octanol–water partition coefficient (Wildman–Crippen LogP) is 2.06. The van der Waals surface area contributed by atoms with Gasteiger partial charge in [-0.15, -0.1) is 0 Å². The second kappa shape index (κ2) is 12.1. The minimum Gasteiger partial charge on any atom is -0.478 e. The molecule has 0 saturated heterocycles. The lowest BCUT2D eigenvalue weighted by molar-refractivity contribution is -0.132. The van der Waals surface area contributed by atoms with Gasteiger partial charge in [-0.1, -0.05) is 43.5 Å². The quantitative estimate of drug-likeness (QED) is 0.570. The number of carboxylic acids is 2. The van der Waals surface area contributed by atoms with Crippen molar-refractivity contribution in [3.8, 4) is 0 Å². The minimum atomic E-state index is -4.00. The molecule has 8 heteroatoms. The van der Waals surface area contributed by atoms with E-state index in [9.17, 15) is 18.0 Å². The van der Waals surface area contributed by atoms with E-state index in [4.69, 9.17) is 14.8 Å². The van der Waals surface area contributed by atoms with E-state index in [1.54, 1.807) is 24.3 Å². The van der Waals surface area contributed by atoms with Crippen molar-refractivity contribution in [3.05, 3.63) is 66.6 Å². The van der Waals surface area contributed by atoms with Gasteiger partial charge in [-0.05, 0) is 11.6 Å². The smallest absolute Gasteiger partial charge is 0.327 e. The van der Waals surface area contributed by atoms with E-state index >= 15 is 0 Å². The van der Waals surface area contributed by atoms with Crippen LogP contribution in [0.4, 0.5) is 0 Å². The Morgan fingerprint density at radius 2 is 1.32 bits per heavy atom. The second-order valence-corrected chi connectivity index (χ2v) is 4.62. The third-order valence-corrected chi connectivity index (χ3v) is 2.06. The first kappa shape index (κ1) is 21.6. The zero-order valence-electron chi connectivity index (χ0n) is 11.5. The molecular weight excluding hydrogens is 312 g/mol. The van der Waals surface area contributed by atoms with Crippen LogP contribution >= 0.6 is 0 Å². The summed E-state index contributed by atoms with van der Waals surface area (Å²) in [6, 6.07) is 8.86. The van der Waals surface area contributed by atoms with Gasteiger partial charge in [0.2, 0.25) is 0 Å². The third kappa shape index (κ3) is 19.6. The number of carbonyl (C=O) groups is 2. The molecule has 0 unspecified atom stereocenters. The zero-order valence-corrected chi connectivity index (χ0v) is 12.3. The Hall–Kier alpha value is -2.71. The molecule has 0 spiro atoms. The highest BCUT2D eigenvalue weighted by Gasteiger charge is 1.94. The molecule has 0 fully saturated rings. The van der Waals surface area contributed by atoms with Gasteiger partial charge < -0.3 is 10.2 Å². The number of benzene rings is 1. The zero-order chi connectivity index (χ0) is 17.6. The van der Waals surface area contributed by atoms with Crippen molar-refractivity contribution < 1.29 is 32.8 Å². The lowest BCUT2D eigenvalue weighted by Gasteiger charge is -1.89. The summed E-state index contributed by atoms with van der Waals surface area (Å²) in [6.45, 7) is 5.92. The largest absolute Gasteiger partial charge is 0.478 e. The number of carboxylic acid groups (broad SMARTS) is 2. The normalized spacial score (nSPS) is 9.50. The average Bonchev–Trinajstić information content (AvgIpc) is 2.46. The molecule has 0 radical (unpaired) electrons. The standard InChI is InChI=1S/C8H8O3S.2C3H4O2/c9-12(10,11)7-6-8-4-2-1-3-5-8;2*1-2-3(4)5/h1-7H,(H,9,10,11);2*2H,1H2,(H,4,5). The van der Waals surface area contributed by atoms with Crippen LogP contribution in [-0.2, 0) is 19.7 Å². The third-order valence-electron chi connectivity index (χ3n) is 1.58. The van der Waals surface area contributed by atoms with Crippen LogP contribution in [0.2, 0.25) is 0 Å². The number of hydrogen-bond acceptors (Lipinski definition) is 4. The molecule has 0 aliphatic rings. The maximum Gasteiger partial charge on any atom is 0.327 e. The highest BCUT2D eigenvalue weighted by molar-refractivity contribution is 7.88. The average molecular weight is 328 g/mol. The Balaban J connectivity index is 0. The maximum atomic E-state index is 10.3. The fourth-order valence-corrected chi connectivity index (χ4v) is 1.06. The topological polar surface area (TPSA) is 129 Å².